The molecule has 1 fully saturated rings. The molecule has 98 valence electrons. The molecular formula is C12H18N4O2. The maximum Gasteiger partial charge on any atom is 0.189 e. The van der Waals surface area contributed by atoms with Crippen LogP contribution in [0.5, 0.6) is 0 Å². The van der Waals surface area contributed by atoms with E-state index in [1.807, 2.05) is 12.1 Å². The van der Waals surface area contributed by atoms with Crippen molar-refractivity contribution in [3.63, 3.8) is 0 Å². The molecule has 0 amide bonds. The average molecular weight is 250 g/mol. The van der Waals surface area contributed by atoms with E-state index in [9.17, 15) is 0 Å². The van der Waals surface area contributed by atoms with Gasteiger partial charge in [0.25, 0.3) is 0 Å². The molecule has 0 radical (unpaired) electrons. The minimum atomic E-state index is 0.0385. The van der Waals surface area contributed by atoms with E-state index in [1.54, 1.807) is 6.20 Å². The van der Waals surface area contributed by atoms with E-state index in [1.165, 1.54) is 0 Å². The second-order valence-electron chi connectivity index (χ2n) is 4.36. The summed E-state index contributed by atoms with van der Waals surface area (Å²) in [6.45, 7) is 3.24. The zero-order valence-corrected chi connectivity index (χ0v) is 10.2. The predicted molar refractivity (Wildman–Crippen MR) is 67.4 cm³/mol. The van der Waals surface area contributed by atoms with Crippen molar-refractivity contribution in [1.29, 1.82) is 0 Å². The van der Waals surface area contributed by atoms with Gasteiger partial charge in [0.15, 0.2) is 5.84 Å². The molecule has 0 aromatic carbocycles. The van der Waals surface area contributed by atoms with Crippen molar-refractivity contribution in [2.24, 2.45) is 16.8 Å². The second-order valence-corrected chi connectivity index (χ2v) is 4.36. The third-order valence-electron chi connectivity index (χ3n) is 3.01. The van der Waals surface area contributed by atoms with E-state index in [-0.39, 0.29) is 5.84 Å². The van der Waals surface area contributed by atoms with Gasteiger partial charge in [0.1, 0.15) is 5.69 Å². The number of hydrogen-bond acceptors (Lipinski definition) is 5. The Hall–Kier alpha value is -1.66. The Labute approximate surface area is 106 Å². The first-order chi connectivity index (χ1) is 8.81. The Bertz CT molecular complexity index is 416. The quantitative estimate of drug-likeness (QED) is 0.302. The van der Waals surface area contributed by atoms with Crippen molar-refractivity contribution < 1.29 is 9.94 Å². The molecule has 0 saturated carbocycles. The third kappa shape index (κ3) is 3.18. The number of hydrogen-bond donors (Lipinski definition) is 3. The lowest BCUT2D eigenvalue weighted by Crippen LogP contribution is -2.25. The van der Waals surface area contributed by atoms with E-state index in [4.69, 9.17) is 15.7 Å². The molecule has 0 aliphatic carbocycles. The fourth-order valence-corrected chi connectivity index (χ4v) is 2.01. The highest BCUT2D eigenvalue weighted by atomic mass is 16.5. The summed E-state index contributed by atoms with van der Waals surface area (Å²) in [5, 5.41) is 15.0. The fourth-order valence-electron chi connectivity index (χ4n) is 2.01. The van der Waals surface area contributed by atoms with Gasteiger partial charge in [0, 0.05) is 25.9 Å². The Morgan fingerprint density at radius 1 is 1.67 bits per heavy atom. The molecule has 1 aliphatic heterocycles. The van der Waals surface area contributed by atoms with Gasteiger partial charge >= 0.3 is 0 Å². The first-order valence-corrected chi connectivity index (χ1v) is 6.01. The Morgan fingerprint density at radius 3 is 3.28 bits per heavy atom. The first-order valence-electron chi connectivity index (χ1n) is 6.01. The van der Waals surface area contributed by atoms with E-state index in [2.05, 4.69) is 15.5 Å². The van der Waals surface area contributed by atoms with Crippen LogP contribution in [-0.2, 0) is 11.3 Å². The van der Waals surface area contributed by atoms with Crippen molar-refractivity contribution in [3.05, 3.63) is 29.6 Å². The molecule has 4 N–H and O–H groups in total. The van der Waals surface area contributed by atoms with Crippen LogP contribution in [0.25, 0.3) is 0 Å². The molecule has 0 spiro atoms. The molecule has 1 aromatic heterocycles. The number of nitrogens with two attached hydrogens (primary N) is 1. The summed E-state index contributed by atoms with van der Waals surface area (Å²) in [4.78, 5) is 4.12. The maximum atomic E-state index is 8.70. The fraction of sp³-hybridized carbons (Fsp3) is 0.500. The number of pyridine rings is 1. The Kier molecular flexibility index (Phi) is 4.49. The van der Waals surface area contributed by atoms with E-state index < -0.39 is 0 Å². The van der Waals surface area contributed by atoms with Crippen molar-refractivity contribution in [2.75, 3.05) is 19.8 Å². The molecule has 1 aromatic rings. The zero-order chi connectivity index (χ0) is 12.8. The molecule has 0 bridgehead atoms. The van der Waals surface area contributed by atoms with Crippen molar-refractivity contribution in [2.45, 2.75) is 13.0 Å². The topological polar surface area (TPSA) is 92.8 Å². The number of aromatic nitrogens is 1. The first kappa shape index (κ1) is 12.8. The molecule has 18 heavy (non-hydrogen) atoms. The summed E-state index contributed by atoms with van der Waals surface area (Å²) in [7, 11) is 0. The molecule has 1 saturated heterocycles. The van der Waals surface area contributed by atoms with Gasteiger partial charge < -0.3 is 21.0 Å². The maximum absolute atomic E-state index is 8.70. The predicted octanol–water partition coefficient (Wildman–Crippen LogP) is 0.302. The van der Waals surface area contributed by atoms with Crippen molar-refractivity contribution in [1.82, 2.24) is 10.3 Å². The van der Waals surface area contributed by atoms with Crippen LogP contribution in [-0.4, -0.2) is 35.8 Å². The van der Waals surface area contributed by atoms with Crippen LogP contribution in [0.4, 0.5) is 0 Å². The van der Waals surface area contributed by atoms with Crippen LogP contribution >= 0.6 is 0 Å². The average Bonchev–Trinajstić information content (AvgIpc) is 2.92. The van der Waals surface area contributed by atoms with Crippen LogP contribution in [0.3, 0.4) is 0 Å². The van der Waals surface area contributed by atoms with Crippen molar-refractivity contribution in [3.8, 4) is 0 Å². The zero-order valence-electron chi connectivity index (χ0n) is 10.2. The van der Waals surface area contributed by atoms with Gasteiger partial charge in [-0.25, -0.2) is 0 Å². The van der Waals surface area contributed by atoms with E-state index in [0.29, 0.717) is 18.2 Å². The second kappa shape index (κ2) is 6.32. The molecule has 6 nitrogen and oxygen atoms in total. The van der Waals surface area contributed by atoms with Gasteiger partial charge in [-0.15, -0.1) is 0 Å². The lowest BCUT2D eigenvalue weighted by molar-refractivity contribution is 0.185. The Balaban J connectivity index is 1.92. The summed E-state index contributed by atoms with van der Waals surface area (Å²) < 4.78 is 5.31. The number of oxime groups is 1. The van der Waals surface area contributed by atoms with Gasteiger partial charge in [-0.1, -0.05) is 11.2 Å². The lowest BCUT2D eigenvalue weighted by atomic mass is 10.1. The molecule has 2 rings (SSSR count). The van der Waals surface area contributed by atoms with Gasteiger partial charge in [0.2, 0.25) is 0 Å². The molecular weight excluding hydrogens is 232 g/mol. The molecule has 2 heterocycles. The summed E-state index contributed by atoms with van der Waals surface area (Å²) >= 11 is 0. The van der Waals surface area contributed by atoms with Gasteiger partial charge in [-0.2, -0.15) is 0 Å². The molecule has 1 unspecified atom stereocenters. The summed E-state index contributed by atoms with van der Waals surface area (Å²) in [5.74, 6) is 0.616. The lowest BCUT2D eigenvalue weighted by Gasteiger charge is -2.11. The summed E-state index contributed by atoms with van der Waals surface area (Å²) in [5.41, 5.74) is 7.02. The smallest absolute Gasteiger partial charge is 0.189 e. The standard InChI is InChI=1S/C12H18N4O2/c13-12(16-17)11-10(2-1-4-15-11)7-14-6-9-3-5-18-8-9/h1-2,4,9,14,17H,3,5-8H2,(H2,13,16). The van der Waals surface area contributed by atoms with Crippen LogP contribution in [0.1, 0.15) is 17.7 Å². The van der Waals surface area contributed by atoms with Gasteiger partial charge in [-0.05, 0) is 24.0 Å². The molecule has 6 heteroatoms. The molecule has 1 atom stereocenters. The van der Waals surface area contributed by atoms with Crippen LogP contribution in [0, 0.1) is 5.92 Å². The van der Waals surface area contributed by atoms with Crippen molar-refractivity contribution >= 4 is 5.84 Å². The highest BCUT2D eigenvalue weighted by Gasteiger charge is 2.15. The highest BCUT2D eigenvalue weighted by Crippen LogP contribution is 2.11. The number of amidine groups is 1. The highest BCUT2D eigenvalue weighted by molar-refractivity contribution is 5.96. The van der Waals surface area contributed by atoms with Crippen LogP contribution in [0.15, 0.2) is 23.5 Å². The summed E-state index contributed by atoms with van der Waals surface area (Å²) in [6, 6.07) is 3.75. The van der Waals surface area contributed by atoms with Crippen LogP contribution < -0.4 is 11.1 Å². The normalized spacial score (nSPS) is 20.2. The monoisotopic (exact) mass is 250 g/mol. The summed E-state index contributed by atoms with van der Waals surface area (Å²) in [6.07, 6.45) is 2.73. The number of nitrogens with one attached hydrogen (secondary N) is 1. The van der Waals surface area contributed by atoms with Crippen LogP contribution in [0.2, 0.25) is 0 Å². The largest absolute Gasteiger partial charge is 0.409 e. The number of ether oxygens (including phenoxy) is 1. The number of nitrogens with zero attached hydrogens (tertiary/aromatic N) is 2. The van der Waals surface area contributed by atoms with E-state index in [0.717, 1.165) is 31.7 Å². The van der Waals surface area contributed by atoms with Gasteiger partial charge in [0.05, 0.1) is 6.61 Å². The van der Waals surface area contributed by atoms with Gasteiger partial charge in [-0.3, -0.25) is 4.98 Å². The minimum absolute atomic E-state index is 0.0385. The number of rotatable bonds is 5. The SMILES string of the molecule is N/C(=N\O)c1ncccc1CNCC1CCOC1. The minimum Gasteiger partial charge on any atom is -0.409 e. The van der Waals surface area contributed by atoms with E-state index >= 15 is 0 Å². The third-order valence-corrected chi connectivity index (χ3v) is 3.01. The molecule has 1 aliphatic rings. The Morgan fingerprint density at radius 2 is 2.56 bits per heavy atom.